The summed E-state index contributed by atoms with van der Waals surface area (Å²) in [6, 6.07) is 8.37. The van der Waals surface area contributed by atoms with Gasteiger partial charge in [-0.05, 0) is 17.7 Å². The first-order valence-electron chi connectivity index (χ1n) is 6.67. The fourth-order valence-corrected chi connectivity index (χ4v) is 2.71. The Hall–Kier alpha value is -2.11. The molecule has 0 fully saturated rings. The first-order chi connectivity index (χ1) is 11.0. The van der Waals surface area contributed by atoms with Crippen LogP contribution in [-0.4, -0.2) is 16.7 Å². The molecule has 0 unspecified atom stereocenters. The van der Waals surface area contributed by atoms with Gasteiger partial charge in [-0.2, -0.15) is 0 Å². The summed E-state index contributed by atoms with van der Waals surface area (Å²) in [7, 11) is 1.57. The van der Waals surface area contributed by atoms with Crippen molar-refractivity contribution in [2.45, 2.75) is 6.54 Å². The van der Waals surface area contributed by atoms with E-state index in [9.17, 15) is 9.18 Å². The molecule has 0 saturated carbocycles. The van der Waals surface area contributed by atoms with Gasteiger partial charge in [0.15, 0.2) is 11.0 Å². The van der Waals surface area contributed by atoms with Gasteiger partial charge in [0.1, 0.15) is 5.75 Å². The minimum Gasteiger partial charge on any atom is -0.497 e. The van der Waals surface area contributed by atoms with Crippen LogP contribution in [0.25, 0.3) is 10.9 Å². The topological polar surface area (TPSA) is 44.1 Å². The van der Waals surface area contributed by atoms with Crippen molar-refractivity contribution in [3.05, 3.63) is 68.4 Å². The number of nitrogens with zero attached hydrogens (tertiary/aromatic N) is 2. The van der Waals surface area contributed by atoms with Gasteiger partial charge in [-0.3, -0.25) is 4.79 Å². The standard InChI is InChI=1S/C16H11Cl2FN2O2/c1-23-10-4-2-9(3-5-10)8-21-13(22)6-12(17)11-7-20-16(18)14(19)15(11)21/h2-7H,8H2,1H3. The maximum Gasteiger partial charge on any atom is 0.252 e. The number of benzene rings is 1. The smallest absolute Gasteiger partial charge is 0.252 e. The molecule has 1 aromatic carbocycles. The lowest BCUT2D eigenvalue weighted by atomic mass is 10.2. The van der Waals surface area contributed by atoms with Crippen LogP contribution in [-0.2, 0) is 6.54 Å². The molecule has 0 atom stereocenters. The average Bonchev–Trinajstić information content (AvgIpc) is 2.55. The minimum absolute atomic E-state index is 0.0401. The zero-order valence-corrected chi connectivity index (χ0v) is 13.5. The molecule has 0 bridgehead atoms. The fraction of sp³-hybridized carbons (Fsp3) is 0.125. The summed E-state index contributed by atoms with van der Waals surface area (Å²) in [6.45, 7) is 0.174. The summed E-state index contributed by atoms with van der Waals surface area (Å²) in [5, 5.41) is 0.170. The lowest BCUT2D eigenvalue weighted by Crippen LogP contribution is -2.21. The summed E-state index contributed by atoms with van der Waals surface area (Å²) in [4.78, 5) is 16.0. The van der Waals surface area contributed by atoms with E-state index < -0.39 is 11.4 Å². The molecule has 7 heteroatoms. The zero-order valence-electron chi connectivity index (χ0n) is 12.0. The number of pyridine rings is 2. The van der Waals surface area contributed by atoms with Gasteiger partial charge in [0, 0.05) is 17.6 Å². The number of aromatic nitrogens is 2. The van der Waals surface area contributed by atoms with Crippen LogP contribution in [0.2, 0.25) is 10.2 Å². The predicted octanol–water partition coefficient (Wildman–Crippen LogP) is 3.90. The highest BCUT2D eigenvalue weighted by atomic mass is 35.5. The molecule has 0 spiro atoms. The quantitative estimate of drug-likeness (QED) is 0.671. The second-order valence-corrected chi connectivity index (χ2v) is 5.66. The van der Waals surface area contributed by atoms with Gasteiger partial charge in [0.2, 0.25) is 0 Å². The number of hydrogen-bond donors (Lipinski definition) is 0. The van der Waals surface area contributed by atoms with Crippen molar-refractivity contribution in [2.75, 3.05) is 7.11 Å². The second kappa shape index (κ2) is 6.18. The van der Waals surface area contributed by atoms with Crippen molar-refractivity contribution < 1.29 is 9.13 Å². The van der Waals surface area contributed by atoms with Crippen molar-refractivity contribution in [1.82, 2.24) is 9.55 Å². The van der Waals surface area contributed by atoms with Gasteiger partial charge in [0.05, 0.1) is 24.2 Å². The van der Waals surface area contributed by atoms with Gasteiger partial charge < -0.3 is 9.30 Å². The molecule has 0 radical (unpaired) electrons. The molecule has 2 heterocycles. The van der Waals surface area contributed by atoms with E-state index in [1.165, 1.54) is 16.8 Å². The van der Waals surface area contributed by atoms with Crippen LogP contribution in [0.3, 0.4) is 0 Å². The monoisotopic (exact) mass is 352 g/mol. The van der Waals surface area contributed by atoms with E-state index in [0.717, 1.165) is 5.56 Å². The largest absolute Gasteiger partial charge is 0.497 e. The zero-order chi connectivity index (χ0) is 16.6. The van der Waals surface area contributed by atoms with E-state index in [1.54, 1.807) is 31.4 Å². The van der Waals surface area contributed by atoms with Gasteiger partial charge in [-0.1, -0.05) is 35.3 Å². The molecular weight excluding hydrogens is 342 g/mol. The number of halogens is 3. The molecule has 3 aromatic rings. The molecule has 0 aliphatic rings. The Kier molecular flexibility index (Phi) is 4.24. The van der Waals surface area contributed by atoms with Crippen LogP contribution in [0.1, 0.15) is 5.56 Å². The third kappa shape index (κ3) is 2.90. The summed E-state index contributed by atoms with van der Waals surface area (Å²) < 4.78 is 20.8. The summed E-state index contributed by atoms with van der Waals surface area (Å²) in [6.07, 6.45) is 1.35. The number of methoxy groups -OCH3 is 1. The van der Waals surface area contributed by atoms with E-state index in [2.05, 4.69) is 4.98 Å². The third-order valence-electron chi connectivity index (χ3n) is 3.49. The molecule has 0 aliphatic heterocycles. The second-order valence-electron chi connectivity index (χ2n) is 4.89. The Balaban J connectivity index is 2.19. The van der Waals surface area contributed by atoms with Gasteiger partial charge >= 0.3 is 0 Å². The van der Waals surface area contributed by atoms with Crippen LogP contribution in [0.5, 0.6) is 5.75 Å². The first kappa shape index (κ1) is 15.8. The number of ether oxygens (including phenoxy) is 1. The maximum atomic E-state index is 14.4. The van der Waals surface area contributed by atoms with E-state index in [-0.39, 0.29) is 22.2 Å². The van der Waals surface area contributed by atoms with Crippen LogP contribution in [0.15, 0.2) is 41.3 Å². The molecule has 0 saturated heterocycles. The highest BCUT2D eigenvalue weighted by Gasteiger charge is 2.16. The summed E-state index contributed by atoms with van der Waals surface area (Å²) in [5.74, 6) is -0.0715. The molecule has 4 nitrogen and oxygen atoms in total. The lowest BCUT2D eigenvalue weighted by Gasteiger charge is -2.12. The first-order valence-corrected chi connectivity index (χ1v) is 7.43. The number of rotatable bonds is 3. The van der Waals surface area contributed by atoms with Crippen LogP contribution < -0.4 is 10.3 Å². The maximum absolute atomic E-state index is 14.4. The van der Waals surface area contributed by atoms with E-state index in [0.29, 0.717) is 11.1 Å². The Bertz CT molecular complexity index is 939. The van der Waals surface area contributed by atoms with E-state index in [1.807, 2.05) is 0 Å². The number of hydrogen-bond acceptors (Lipinski definition) is 3. The predicted molar refractivity (Wildman–Crippen MR) is 88.1 cm³/mol. The van der Waals surface area contributed by atoms with Gasteiger partial charge in [-0.15, -0.1) is 0 Å². The van der Waals surface area contributed by atoms with Gasteiger partial charge in [0.25, 0.3) is 5.56 Å². The Morgan fingerprint density at radius 3 is 2.61 bits per heavy atom. The van der Waals surface area contributed by atoms with Crippen LogP contribution in [0, 0.1) is 5.82 Å². The SMILES string of the molecule is COc1ccc(Cn2c(=O)cc(Cl)c3cnc(Cl)c(F)c32)cc1. The average molecular weight is 353 g/mol. The van der Waals surface area contributed by atoms with E-state index >= 15 is 0 Å². The molecule has 0 amide bonds. The summed E-state index contributed by atoms with van der Waals surface area (Å²) in [5.41, 5.74) is 0.432. The summed E-state index contributed by atoms with van der Waals surface area (Å²) >= 11 is 11.8. The molecule has 2 aromatic heterocycles. The molecule has 23 heavy (non-hydrogen) atoms. The van der Waals surface area contributed by atoms with Crippen LogP contribution >= 0.6 is 23.2 Å². The van der Waals surface area contributed by atoms with E-state index in [4.69, 9.17) is 27.9 Å². The van der Waals surface area contributed by atoms with Crippen LogP contribution in [0.4, 0.5) is 4.39 Å². The van der Waals surface area contributed by atoms with Crippen molar-refractivity contribution in [3.63, 3.8) is 0 Å². The Morgan fingerprint density at radius 2 is 1.96 bits per heavy atom. The molecular formula is C16H11Cl2FN2O2. The van der Waals surface area contributed by atoms with Crippen molar-refractivity contribution in [1.29, 1.82) is 0 Å². The van der Waals surface area contributed by atoms with Crippen molar-refractivity contribution in [2.24, 2.45) is 0 Å². The molecule has 3 rings (SSSR count). The Labute approximate surface area is 141 Å². The fourth-order valence-electron chi connectivity index (χ4n) is 2.34. The highest BCUT2D eigenvalue weighted by molar-refractivity contribution is 6.35. The number of fused-ring (bicyclic) bond motifs is 1. The van der Waals surface area contributed by atoms with Gasteiger partial charge in [-0.25, -0.2) is 9.37 Å². The normalized spacial score (nSPS) is 11.0. The molecule has 0 N–H and O–H groups in total. The molecule has 0 aliphatic carbocycles. The molecule has 118 valence electrons. The highest BCUT2D eigenvalue weighted by Crippen LogP contribution is 2.27. The minimum atomic E-state index is -0.766. The Morgan fingerprint density at radius 1 is 1.26 bits per heavy atom. The van der Waals surface area contributed by atoms with Crippen molar-refractivity contribution >= 4 is 34.1 Å². The lowest BCUT2D eigenvalue weighted by molar-refractivity contribution is 0.414. The van der Waals surface area contributed by atoms with Crippen molar-refractivity contribution in [3.8, 4) is 5.75 Å². The third-order valence-corrected chi connectivity index (χ3v) is 4.07.